The van der Waals surface area contributed by atoms with Crippen LogP contribution >= 0.6 is 49.9 Å². The summed E-state index contributed by atoms with van der Waals surface area (Å²) in [7, 11) is -1.15. The molecule has 0 nitrogen and oxygen atoms in total. The molecular weight excluding hydrogens is 336 g/mol. The molecule has 0 aliphatic rings. The minimum Gasteiger partial charge on any atom is -0.143 e. The second-order valence-corrected chi connectivity index (χ2v) is 14.4. The Hall–Kier alpha value is 0.317. The number of hydrogen-bond donors (Lipinski definition) is 0. The van der Waals surface area contributed by atoms with Crippen LogP contribution in [0, 0.1) is 0 Å². The van der Waals surface area contributed by atoms with Crippen LogP contribution in [-0.4, -0.2) is 8.07 Å². The highest BCUT2D eigenvalue weighted by Crippen LogP contribution is 2.44. The van der Waals surface area contributed by atoms with E-state index in [2.05, 4.69) is 47.0 Å². The van der Waals surface area contributed by atoms with Crippen molar-refractivity contribution in [3.8, 4) is 0 Å². The van der Waals surface area contributed by atoms with Gasteiger partial charge in [0.15, 0.2) is 0 Å². The summed E-state index contributed by atoms with van der Waals surface area (Å²) < 4.78 is 7.31. The second kappa shape index (κ2) is 3.65. The first-order chi connectivity index (χ1) is 7.47. The zero-order valence-electron chi connectivity index (χ0n) is 9.26. The van der Waals surface area contributed by atoms with Gasteiger partial charge in [0.1, 0.15) is 0 Å². The maximum absolute atomic E-state index is 3.66. The topological polar surface area (TPSA) is 0 Å². The van der Waals surface area contributed by atoms with Crippen molar-refractivity contribution in [2.45, 2.75) is 19.6 Å². The van der Waals surface area contributed by atoms with Crippen LogP contribution in [0.25, 0.3) is 18.8 Å². The summed E-state index contributed by atoms with van der Waals surface area (Å²) in [5, 5.41) is 3.65. The van der Waals surface area contributed by atoms with Crippen molar-refractivity contribution in [3.63, 3.8) is 0 Å². The largest absolute Gasteiger partial charge is 0.143 e. The van der Waals surface area contributed by atoms with Crippen molar-refractivity contribution in [1.82, 2.24) is 0 Å². The zero-order valence-corrected chi connectivity index (χ0v) is 14.3. The molecule has 0 N–H and O–H groups in total. The smallest absolute Gasteiger partial charge is 0.0904 e. The molecule has 3 heterocycles. The van der Waals surface area contributed by atoms with Crippen LogP contribution in [-0.2, 0) is 0 Å². The molecule has 0 spiro atoms. The van der Waals surface area contributed by atoms with Gasteiger partial charge in [0.2, 0.25) is 0 Å². The van der Waals surface area contributed by atoms with Gasteiger partial charge in [-0.15, -0.1) is 34.0 Å². The monoisotopic (exact) mass is 346 g/mol. The van der Waals surface area contributed by atoms with Crippen LogP contribution in [0.4, 0.5) is 0 Å². The average molecular weight is 347 g/mol. The minimum atomic E-state index is -1.15. The second-order valence-electron chi connectivity index (χ2n) is 4.90. The number of rotatable bonds is 1. The van der Waals surface area contributed by atoms with E-state index in [-0.39, 0.29) is 0 Å². The Labute approximate surface area is 116 Å². The zero-order chi connectivity index (χ0) is 11.5. The molecule has 5 heteroatoms. The number of halogens is 1. The van der Waals surface area contributed by atoms with Gasteiger partial charge < -0.3 is 0 Å². The van der Waals surface area contributed by atoms with Crippen LogP contribution in [0.2, 0.25) is 19.6 Å². The van der Waals surface area contributed by atoms with Gasteiger partial charge in [-0.05, 0) is 26.5 Å². The minimum absolute atomic E-state index is 1.15. The van der Waals surface area contributed by atoms with Crippen LogP contribution in [0.5, 0.6) is 0 Å². The van der Waals surface area contributed by atoms with Crippen molar-refractivity contribution < 1.29 is 0 Å². The highest BCUT2D eigenvalue weighted by molar-refractivity contribution is 9.10. The third kappa shape index (κ3) is 1.64. The van der Waals surface area contributed by atoms with E-state index in [4.69, 9.17) is 0 Å². The summed E-state index contributed by atoms with van der Waals surface area (Å²) in [4.78, 5) is 0. The highest BCUT2D eigenvalue weighted by Gasteiger charge is 2.22. The molecule has 0 saturated carbocycles. The number of fused-ring (bicyclic) bond motifs is 3. The van der Waals surface area contributed by atoms with Crippen molar-refractivity contribution in [1.29, 1.82) is 0 Å². The molecular formula is C11H11BrS3Si. The van der Waals surface area contributed by atoms with Crippen LogP contribution in [0.1, 0.15) is 0 Å². The predicted molar refractivity (Wildman–Crippen MR) is 85.8 cm³/mol. The van der Waals surface area contributed by atoms with Gasteiger partial charge in [0.25, 0.3) is 0 Å². The number of hydrogen-bond acceptors (Lipinski definition) is 3. The molecule has 3 aromatic rings. The van der Waals surface area contributed by atoms with Gasteiger partial charge in [-0.2, -0.15) is 0 Å². The summed E-state index contributed by atoms with van der Waals surface area (Å²) in [6.07, 6.45) is 0. The van der Waals surface area contributed by atoms with Crippen LogP contribution in [0.15, 0.2) is 15.9 Å². The quantitative estimate of drug-likeness (QED) is 0.511. The van der Waals surface area contributed by atoms with E-state index in [1.807, 2.05) is 34.0 Å². The lowest BCUT2D eigenvalue weighted by molar-refractivity contribution is 1.79. The lowest BCUT2D eigenvalue weighted by Crippen LogP contribution is -2.34. The fraction of sp³-hybridized carbons (Fsp3) is 0.273. The van der Waals surface area contributed by atoms with Gasteiger partial charge in [-0.1, -0.05) is 19.6 Å². The third-order valence-electron chi connectivity index (χ3n) is 2.58. The van der Waals surface area contributed by atoms with E-state index in [9.17, 15) is 0 Å². The van der Waals surface area contributed by atoms with Gasteiger partial charge >= 0.3 is 0 Å². The maximum Gasteiger partial charge on any atom is 0.0904 e. The van der Waals surface area contributed by atoms with Crippen molar-refractivity contribution in [2.24, 2.45) is 0 Å². The Balaban J connectivity index is 2.37. The van der Waals surface area contributed by atoms with E-state index >= 15 is 0 Å². The Kier molecular flexibility index (Phi) is 2.60. The molecule has 0 bridgehead atoms. The molecule has 0 fully saturated rings. The molecule has 3 rings (SSSR count). The third-order valence-corrected chi connectivity index (χ3v) is 10.6. The predicted octanol–water partition coefficient (Wildman–Crippen LogP) is 5.49. The molecule has 84 valence electrons. The Morgan fingerprint density at radius 1 is 1.19 bits per heavy atom. The van der Waals surface area contributed by atoms with Gasteiger partial charge in [-0.25, -0.2) is 0 Å². The first-order valence-corrected chi connectivity index (χ1v) is 11.9. The average Bonchev–Trinajstić information content (AvgIpc) is 2.74. The SMILES string of the molecule is C[Si](C)(C)c1cc2sc3scc(Br)c3c2s1. The Morgan fingerprint density at radius 2 is 1.94 bits per heavy atom. The highest BCUT2D eigenvalue weighted by atomic mass is 79.9. The van der Waals surface area contributed by atoms with Crippen LogP contribution < -0.4 is 4.50 Å². The fourth-order valence-corrected chi connectivity index (χ4v) is 8.45. The number of thiophene rings is 3. The molecule has 0 aliphatic heterocycles. The van der Waals surface area contributed by atoms with Gasteiger partial charge in [0, 0.05) is 19.9 Å². The Bertz CT molecular complexity index is 668. The molecule has 0 atom stereocenters. The first kappa shape index (κ1) is 11.4. The molecule has 0 radical (unpaired) electrons. The lowest BCUT2D eigenvalue weighted by Gasteiger charge is -2.11. The van der Waals surface area contributed by atoms with Crippen molar-refractivity contribution >= 4 is 81.3 Å². The van der Waals surface area contributed by atoms with E-state index < -0.39 is 8.07 Å². The van der Waals surface area contributed by atoms with Crippen LogP contribution in [0.3, 0.4) is 0 Å². The summed E-state index contributed by atoms with van der Waals surface area (Å²) in [5.41, 5.74) is 0. The van der Waals surface area contributed by atoms with E-state index in [0.717, 1.165) is 0 Å². The summed E-state index contributed by atoms with van der Waals surface area (Å²) >= 11 is 9.46. The normalized spacial score (nSPS) is 13.0. The van der Waals surface area contributed by atoms with E-state index in [0.29, 0.717) is 0 Å². The molecule has 0 amide bonds. The Morgan fingerprint density at radius 3 is 2.62 bits per heavy atom. The summed E-state index contributed by atoms with van der Waals surface area (Å²) in [5.74, 6) is 0. The lowest BCUT2D eigenvalue weighted by atomic mass is 10.4. The van der Waals surface area contributed by atoms with Crippen molar-refractivity contribution in [2.75, 3.05) is 0 Å². The molecule has 16 heavy (non-hydrogen) atoms. The van der Waals surface area contributed by atoms with Gasteiger partial charge in [-0.3, -0.25) is 0 Å². The summed E-state index contributed by atoms with van der Waals surface area (Å²) in [6.45, 7) is 7.26. The molecule has 0 aliphatic carbocycles. The molecule has 0 unspecified atom stereocenters. The van der Waals surface area contributed by atoms with E-state index in [1.54, 1.807) is 4.50 Å². The van der Waals surface area contributed by atoms with E-state index in [1.165, 1.54) is 23.3 Å². The van der Waals surface area contributed by atoms with Gasteiger partial charge in [0.05, 0.1) is 16.8 Å². The fourth-order valence-electron chi connectivity index (χ4n) is 1.69. The molecule has 0 saturated heterocycles. The summed E-state index contributed by atoms with van der Waals surface area (Å²) in [6, 6.07) is 2.43. The van der Waals surface area contributed by atoms with Crippen molar-refractivity contribution in [3.05, 3.63) is 15.9 Å². The molecule has 3 aromatic heterocycles. The first-order valence-electron chi connectivity index (χ1n) is 5.06. The standard InChI is InChI=1S/C11H11BrS3Si/c1-16(2,3)8-4-7-10(15-8)9-6(12)5-13-11(9)14-7/h4-5H,1-3H3. The maximum atomic E-state index is 3.66. The molecule has 0 aromatic carbocycles.